The third-order valence-corrected chi connectivity index (χ3v) is 3.96. The van der Waals surface area contributed by atoms with Gasteiger partial charge >= 0.3 is 0 Å². The van der Waals surface area contributed by atoms with Crippen molar-refractivity contribution in [3.63, 3.8) is 0 Å². The quantitative estimate of drug-likeness (QED) is 0.850. The van der Waals surface area contributed by atoms with Crippen LogP contribution in [-0.2, 0) is 7.05 Å². The lowest BCUT2D eigenvalue weighted by Gasteiger charge is -2.09. The first-order valence-electron chi connectivity index (χ1n) is 5.93. The molecule has 1 aliphatic rings. The lowest BCUT2D eigenvalue weighted by atomic mass is 9.97. The Hall–Kier alpha value is -1.60. The molecule has 0 aliphatic heterocycles. The normalized spacial score (nSPS) is 14.5. The number of nitrogens with zero attached hydrogens (tertiary/aromatic N) is 3. The van der Waals surface area contributed by atoms with E-state index in [0.29, 0.717) is 5.92 Å². The van der Waals surface area contributed by atoms with E-state index in [1.807, 2.05) is 19.2 Å². The van der Waals surface area contributed by atoms with Crippen LogP contribution in [0.5, 0.6) is 0 Å². The molecule has 1 aliphatic carbocycles. The molecule has 1 heterocycles. The van der Waals surface area contributed by atoms with E-state index in [4.69, 9.17) is 0 Å². The van der Waals surface area contributed by atoms with Crippen molar-refractivity contribution in [2.45, 2.75) is 18.8 Å². The summed E-state index contributed by atoms with van der Waals surface area (Å²) in [5, 5.41) is 13.7. The molecule has 1 fully saturated rings. The van der Waals surface area contributed by atoms with Gasteiger partial charge in [-0.15, -0.1) is 0 Å². The fourth-order valence-corrected chi connectivity index (χ4v) is 2.90. The Balaban J connectivity index is 2.24. The van der Waals surface area contributed by atoms with E-state index in [2.05, 4.69) is 33.2 Å². The van der Waals surface area contributed by atoms with Crippen LogP contribution in [0.3, 0.4) is 0 Å². The van der Waals surface area contributed by atoms with E-state index >= 15 is 0 Å². The minimum absolute atomic E-state index is 0.576. The molecule has 4 heteroatoms. The third kappa shape index (κ3) is 1.75. The Kier molecular flexibility index (Phi) is 2.71. The molecule has 0 amide bonds. The molecule has 2 aromatic rings. The maximum absolute atomic E-state index is 9.46. The van der Waals surface area contributed by atoms with Crippen LogP contribution in [0.15, 0.2) is 28.9 Å². The summed E-state index contributed by atoms with van der Waals surface area (Å²) in [7, 11) is 1.89. The van der Waals surface area contributed by atoms with E-state index in [9.17, 15) is 5.26 Å². The fraction of sp³-hybridized carbons (Fsp3) is 0.286. The predicted octanol–water partition coefficient (Wildman–Crippen LogP) is 3.60. The molecule has 90 valence electrons. The second kappa shape index (κ2) is 4.25. The number of halogens is 1. The molecular formula is C14H12BrN3. The zero-order valence-electron chi connectivity index (χ0n) is 10.0. The van der Waals surface area contributed by atoms with Crippen LogP contribution in [-0.4, -0.2) is 9.78 Å². The number of nitriles is 1. The van der Waals surface area contributed by atoms with Crippen LogP contribution in [0, 0.1) is 11.3 Å². The SMILES string of the molecule is Cn1ncc(Br)c1-c1cccc(C2CC2)c1C#N. The molecule has 0 atom stereocenters. The van der Waals surface area contributed by atoms with Gasteiger partial charge in [0.25, 0.3) is 0 Å². The van der Waals surface area contributed by atoms with Crippen molar-refractivity contribution in [2.75, 3.05) is 0 Å². The maximum Gasteiger partial charge on any atom is 0.100 e. The van der Waals surface area contributed by atoms with Crippen molar-refractivity contribution in [1.82, 2.24) is 9.78 Å². The highest BCUT2D eigenvalue weighted by molar-refractivity contribution is 9.10. The number of hydrogen-bond donors (Lipinski definition) is 0. The van der Waals surface area contributed by atoms with Crippen molar-refractivity contribution in [3.8, 4) is 17.3 Å². The minimum atomic E-state index is 0.576. The Labute approximate surface area is 114 Å². The Morgan fingerprint density at radius 3 is 2.78 bits per heavy atom. The molecule has 0 unspecified atom stereocenters. The highest BCUT2D eigenvalue weighted by Gasteiger charge is 2.28. The largest absolute Gasteiger partial charge is 0.267 e. The van der Waals surface area contributed by atoms with Gasteiger partial charge in [0, 0.05) is 12.6 Å². The number of aryl methyl sites for hydroxylation is 1. The third-order valence-electron chi connectivity index (χ3n) is 3.37. The summed E-state index contributed by atoms with van der Waals surface area (Å²) < 4.78 is 2.73. The predicted molar refractivity (Wildman–Crippen MR) is 73.0 cm³/mol. The van der Waals surface area contributed by atoms with Crippen LogP contribution in [0.4, 0.5) is 0 Å². The van der Waals surface area contributed by atoms with Crippen molar-refractivity contribution in [2.24, 2.45) is 7.05 Å². The second-order valence-electron chi connectivity index (χ2n) is 4.62. The molecule has 0 spiro atoms. The number of rotatable bonds is 2. The van der Waals surface area contributed by atoms with Gasteiger partial charge in [-0.05, 0) is 40.3 Å². The van der Waals surface area contributed by atoms with E-state index in [-0.39, 0.29) is 0 Å². The summed E-state index contributed by atoms with van der Waals surface area (Å²) >= 11 is 3.50. The summed E-state index contributed by atoms with van der Waals surface area (Å²) in [6.07, 6.45) is 4.16. The van der Waals surface area contributed by atoms with E-state index in [1.165, 1.54) is 18.4 Å². The van der Waals surface area contributed by atoms with Crippen molar-refractivity contribution >= 4 is 15.9 Å². The molecule has 0 bridgehead atoms. The molecule has 0 saturated heterocycles. The lowest BCUT2D eigenvalue weighted by molar-refractivity contribution is 0.775. The zero-order valence-corrected chi connectivity index (χ0v) is 11.6. The van der Waals surface area contributed by atoms with Gasteiger partial charge in [0.1, 0.15) is 6.07 Å². The van der Waals surface area contributed by atoms with Gasteiger partial charge in [-0.3, -0.25) is 4.68 Å². The van der Waals surface area contributed by atoms with Crippen molar-refractivity contribution in [3.05, 3.63) is 40.0 Å². The number of benzene rings is 1. The summed E-state index contributed by atoms with van der Waals surface area (Å²) in [5.41, 5.74) is 3.91. The van der Waals surface area contributed by atoms with Crippen LogP contribution in [0.1, 0.15) is 29.9 Å². The molecule has 1 aromatic heterocycles. The average molecular weight is 302 g/mol. The lowest BCUT2D eigenvalue weighted by Crippen LogP contribution is -1.98. The maximum atomic E-state index is 9.46. The smallest absolute Gasteiger partial charge is 0.100 e. The first kappa shape index (κ1) is 11.5. The summed E-state index contributed by atoms with van der Waals surface area (Å²) in [6.45, 7) is 0. The van der Waals surface area contributed by atoms with E-state index < -0.39 is 0 Å². The molecule has 18 heavy (non-hydrogen) atoms. The Morgan fingerprint density at radius 1 is 1.44 bits per heavy atom. The van der Waals surface area contributed by atoms with Crippen LogP contribution >= 0.6 is 15.9 Å². The summed E-state index contributed by atoms with van der Waals surface area (Å²) in [4.78, 5) is 0. The van der Waals surface area contributed by atoms with Crippen LogP contribution < -0.4 is 0 Å². The van der Waals surface area contributed by atoms with E-state index in [0.717, 1.165) is 21.3 Å². The topological polar surface area (TPSA) is 41.6 Å². The summed E-state index contributed by atoms with van der Waals surface area (Å²) in [5.74, 6) is 0.576. The van der Waals surface area contributed by atoms with Gasteiger partial charge in [0.05, 0.1) is 21.9 Å². The monoisotopic (exact) mass is 301 g/mol. The highest BCUT2D eigenvalue weighted by Crippen LogP contribution is 2.44. The van der Waals surface area contributed by atoms with Gasteiger partial charge in [0.2, 0.25) is 0 Å². The van der Waals surface area contributed by atoms with E-state index in [1.54, 1.807) is 10.9 Å². The van der Waals surface area contributed by atoms with Gasteiger partial charge in [-0.25, -0.2) is 0 Å². The van der Waals surface area contributed by atoms with Crippen LogP contribution in [0.25, 0.3) is 11.3 Å². The number of aromatic nitrogens is 2. The second-order valence-corrected chi connectivity index (χ2v) is 5.47. The first-order chi connectivity index (χ1) is 8.72. The standard InChI is InChI=1S/C14H12BrN3/c1-18-14(13(15)8-17-18)11-4-2-3-10(9-5-6-9)12(11)7-16/h2-4,8-9H,5-6H2,1H3. The highest BCUT2D eigenvalue weighted by atomic mass is 79.9. The van der Waals surface area contributed by atoms with Gasteiger partial charge < -0.3 is 0 Å². The molecule has 3 nitrogen and oxygen atoms in total. The Morgan fingerprint density at radius 2 is 2.22 bits per heavy atom. The molecule has 3 rings (SSSR count). The molecule has 0 radical (unpaired) electrons. The summed E-state index contributed by atoms with van der Waals surface area (Å²) in [6, 6.07) is 8.46. The zero-order chi connectivity index (χ0) is 12.7. The fourth-order valence-electron chi connectivity index (χ4n) is 2.34. The van der Waals surface area contributed by atoms with Gasteiger partial charge in [-0.2, -0.15) is 10.4 Å². The van der Waals surface area contributed by atoms with Crippen molar-refractivity contribution < 1.29 is 0 Å². The van der Waals surface area contributed by atoms with Gasteiger partial charge in [0.15, 0.2) is 0 Å². The molecular weight excluding hydrogens is 290 g/mol. The Bertz CT molecular complexity index is 628. The molecule has 0 N–H and O–H groups in total. The van der Waals surface area contributed by atoms with Gasteiger partial charge in [-0.1, -0.05) is 18.2 Å². The first-order valence-corrected chi connectivity index (χ1v) is 6.72. The molecule has 1 saturated carbocycles. The minimum Gasteiger partial charge on any atom is -0.267 e. The average Bonchev–Trinajstić information content (AvgIpc) is 3.16. The van der Waals surface area contributed by atoms with Crippen molar-refractivity contribution in [1.29, 1.82) is 5.26 Å². The number of hydrogen-bond acceptors (Lipinski definition) is 2. The van der Waals surface area contributed by atoms with Crippen LogP contribution in [0.2, 0.25) is 0 Å². The molecule has 1 aromatic carbocycles.